The fourth-order valence-electron chi connectivity index (χ4n) is 3.39. The molecule has 1 saturated heterocycles. The Hall–Kier alpha value is -3.19. The van der Waals surface area contributed by atoms with Gasteiger partial charge in [-0.05, 0) is 44.0 Å². The number of nitro benzene ring substituents is 1. The molecule has 2 aromatic rings. The van der Waals surface area contributed by atoms with Crippen LogP contribution in [0.25, 0.3) is 6.08 Å². The first-order valence-electron chi connectivity index (χ1n) is 9.22. The van der Waals surface area contributed by atoms with Gasteiger partial charge in [0.25, 0.3) is 11.6 Å². The van der Waals surface area contributed by atoms with Crippen molar-refractivity contribution < 1.29 is 18.8 Å². The highest BCUT2D eigenvalue weighted by atomic mass is 16.6. The van der Waals surface area contributed by atoms with Gasteiger partial charge < -0.3 is 13.9 Å². The molecule has 0 unspecified atom stereocenters. The van der Waals surface area contributed by atoms with Crippen LogP contribution >= 0.6 is 0 Å². The van der Waals surface area contributed by atoms with Crippen LogP contribution in [-0.2, 0) is 4.74 Å². The minimum atomic E-state index is -0.418. The fraction of sp³-hybridized carbons (Fsp3) is 0.318. The molecule has 0 radical (unpaired) electrons. The molecule has 0 bridgehead atoms. The van der Waals surface area contributed by atoms with Gasteiger partial charge in [0.1, 0.15) is 11.9 Å². The van der Waals surface area contributed by atoms with E-state index in [2.05, 4.69) is 0 Å². The summed E-state index contributed by atoms with van der Waals surface area (Å²) >= 11 is 0. The van der Waals surface area contributed by atoms with E-state index in [0.29, 0.717) is 29.9 Å². The zero-order chi connectivity index (χ0) is 21.1. The average molecular weight is 397 g/mol. The lowest BCUT2D eigenvalue weighted by molar-refractivity contribution is -0.384. The van der Waals surface area contributed by atoms with Gasteiger partial charge in [-0.15, -0.1) is 0 Å². The summed E-state index contributed by atoms with van der Waals surface area (Å²) in [5, 5.41) is 10.7. The summed E-state index contributed by atoms with van der Waals surface area (Å²) in [5.41, 5.74) is 3.90. The molecule has 0 aliphatic carbocycles. The van der Waals surface area contributed by atoms with Crippen molar-refractivity contribution in [3.05, 3.63) is 84.3 Å². The van der Waals surface area contributed by atoms with Crippen molar-refractivity contribution in [2.45, 2.75) is 33.3 Å². The Morgan fingerprint density at radius 1 is 1.24 bits per heavy atom. The largest absolute Gasteiger partial charge is 0.468 e. The SMILES string of the molecule is COc1oc([C@H]2C/C(=C\C(C)=C/c3ccc([N+](=O)[O-])cc3)CO2)c(C)c(=O)c1C. The second-order valence-electron chi connectivity index (χ2n) is 7.08. The Morgan fingerprint density at radius 2 is 1.93 bits per heavy atom. The molecule has 0 amide bonds. The maximum absolute atomic E-state index is 12.4. The normalized spacial score (nSPS) is 18.3. The molecule has 1 aliphatic rings. The van der Waals surface area contributed by atoms with Crippen molar-refractivity contribution >= 4 is 11.8 Å². The molecular formula is C22H23NO6. The third-order valence-electron chi connectivity index (χ3n) is 4.88. The van der Waals surface area contributed by atoms with E-state index in [-0.39, 0.29) is 23.2 Å². The molecule has 152 valence electrons. The van der Waals surface area contributed by atoms with E-state index in [4.69, 9.17) is 13.9 Å². The maximum atomic E-state index is 12.4. The molecule has 29 heavy (non-hydrogen) atoms. The van der Waals surface area contributed by atoms with Crippen molar-refractivity contribution in [2.75, 3.05) is 13.7 Å². The first kappa shape index (κ1) is 20.5. The van der Waals surface area contributed by atoms with Crippen LogP contribution in [-0.4, -0.2) is 18.6 Å². The van der Waals surface area contributed by atoms with Crippen molar-refractivity contribution in [2.24, 2.45) is 0 Å². The lowest BCUT2D eigenvalue weighted by Crippen LogP contribution is -2.15. The molecule has 7 nitrogen and oxygen atoms in total. The van der Waals surface area contributed by atoms with Gasteiger partial charge >= 0.3 is 0 Å². The predicted octanol–water partition coefficient (Wildman–Crippen LogP) is 4.66. The molecule has 0 N–H and O–H groups in total. The molecule has 3 rings (SSSR count). The van der Waals surface area contributed by atoms with Crippen LogP contribution in [0.2, 0.25) is 0 Å². The zero-order valence-corrected chi connectivity index (χ0v) is 16.9. The van der Waals surface area contributed by atoms with Gasteiger partial charge in [-0.2, -0.15) is 0 Å². The Balaban J connectivity index is 1.78. The summed E-state index contributed by atoms with van der Waals surface area (Å²) in [7, 11) is 1.47. The first-order valence-corrected chi connectivity index (χ1v) is 9.22. The van der Waals surface area contributed by atoms with Crippen LogP contribution in [0.4, 0.5) is 5.69 Å². The third-order valence-corrected chi connectivity index (χ3v) is 4.88. The maximum Gasteiger partial charge on any atom is 0.291 e. The highest BCUT2D eigenvalue weighted by Crippen LogP contribution is 2.35. The molecule has 1 aromatic carbocycles. The van der Waals surface area contributed by atoms with Gasteiger partial charge in [0.05, 0.1) is 24.2 Å². The smallest absolute Gasteiger partial charge is 0.291 e. The number of methoxy groups -OCH3 is 1. The minimum Gasteiger partial charge on any atom is -0.468 e. The van der Waals surface area contributed by atoms with E-state index < -0.39 is 4.92 Å². The van der Waals surface area contributed by atoms with Crippen molar-refractivity contribution in [3.8, 4) is 5.95 Å². The van der Waals surface area contributed by atoms with Gasteiger partial charge in [-0.3, -0.25) is 14.9 Å². The number of ether oxygens (including phenoxy) is 2. The summed E-state index contributed by atoms with van der Waals surface area (Å²) in [6.07, 6.45) is 4.25. The van der Waals surface area contributed by atoms with Crippen LogP contribution < -0.4 is 10.2 Å². The van der Waals surface area contributed by atoms with Crippen LogP contribution in [0.15, 0.2) is 50.7 Å². The summed E-state index contributed by atoms with van der Waals surface area (Å²) in [6, 6.07) is 6.39. The summed E-state index contributed by atoms with van der Waals surface area (Å²) in [5.74, 6) is 0.712. The van der Waals surface area contributed by atoms with Crippen molar-refractivity contribution in [1.29, 1.82) is 0 Å². The number of allylic oxidation sites excluding steroid dienone is 2. The second kappa shape index (κ2) is 8.45. The van der Waals surface area contributed by atoms with Gasteiger partial charge in [-0.25, -0.2) is 0 Å². The Labute approximate surface area is 168 Å². The van der Waals surface area contributed by atoms with Crippen molar-refractivity contribution in [1.82, 2.24) is 0 Å². The number of hydrogen-bond donors (Lipinski definition) is 0. The quantitative estimate of drug-likeness (QED) is 0.538. The number of rotatable bonds is 5. The molecule has 1 fully saturated rings. The molecule has 2 heterocycles. The standard InChI is InChI=1S/C22H23NO6/c1-13(9-16-5-7-18(8-6-16)23(25)26)10-17-11-19(28-12-17)21-14(2)20(24)15(3)22(27-4)29-21/h5-10,19H,11-12H2,1-4H3/b13-9-,17-10+/t19-/m1/s1. The molecule has 1 aliphatic heterocycles. The number of non-ortho nitro benzene ring substituents is 1. The Bertz CT molecular complexity index is 1050. The molecule has 0 saturated carbocycles. The topological polar surface area (TPSA) is 91.8 Å². The Morgan fingerprint density at radius 3 is 2.55 bits per heavy atom. The van der Waals surface area contributed by atoms with Gasteiger partial charge in [0.2, 0.25) is 0 Å². The molecule has 0 spiro atoms. The van der Waals surface area contributed by atoms with E-state index in [1.54, 1.807) is 26.0 Å². The number of benzene rings is 1. The van der Waals surface area contributed by atoms with E-state index in [1.807, 2.05) is 19.1 Å². The van der Waals surface area contributed by atoms with E-state index in [0.717, 1.165) is 16.7 Å². The number of hydrogen-bond acceptors (Lipinski definition) is 6. The lowest BCUT2D eigenvalue weighted by Gasteiger charge is -2.13. The van der Waals surface area contributed by atoms with Crippen LogP contribution in [0.5, 0.6) is 5.95 Å². The number of nitro groups is 1. The molecule has 1 atom stereocenters. The van der Waals surface area contributed by atoms with Gasteiger partial charge in [0, 0.05) is 24.1 Å². The highest BCUT2D eigenvalue weighted by molar-refractivity contribution is 5.57. The van der Waals surface area contributed by atoms with E-state index in [1.165, 1.54) is 19.2 Å². The minimum absolute atomic E-state index is 0.0654. The highest BCUT2D eigenvalue weighted by Gasteiger charge is 2.28. The molecule has 7 heteroatoms. The Kier molecular flexibility index (Phi) is 5.98. The van der Waals surface area contributed by atoms with Crippen LogP contribution in [0.1, 0.15) is 41.9 Å². The van der Waals surface area contributed by atoms with Crippen LogP contribution in [0, 0.1) is 24.0 Å². The van der Waals surface area contributed by atoms with Gasteiger partial charge in [-0.1, -0.05) is 17.7 Å². The van der Waals surface area contributed by atoms with E-state index in [9.17, 15) is 14.9 Å². The zero-order valence-electron chi connectivity index (χ0n) is 16.9. The predicted molar refractivity (Wildman–Crippen MR) is 109 cm³/mol. The summed E-state index contributed by atoms with van der Waals surface area (Å²) in [4.78, 5) is 22.7. The summed E-state index contributed by atoms with van der Waals surface area (Å²) in [6.45, 7) is 5.81. The molecular weight excluding hydrogens is 374 g/mol. The average Bonchev–Trinajstić information content (AvgIpc) is 3.14. The van der Waals surface area contributed by atoms with Crippen molar-refractivity contribution in [3.63, 3.8) is 0 Å². The lowest BCUT2D eigenvalue weighted by atomic mass is 10.0. The van der Waals surface area contributed by atoms with E-state index >= 15 is 0 Å². The monoisotopic (exact) mass is 397 g/mol. The second-order valence-corrected chi connectivity index (χ2v) is 7.08. The van der Waals surface area contributed by atoms with Crippen LogP contribution in [0.3, 0.4) is 0 Å². The number of nitrogens with zero attached hydrogens (tertiary/aromatic N) is 1. The third kappa shape index (κ3) is 4.46. The summed E-state index contributed by atoms with van der Waals surface area (Å²) < 4.78 is 16.8. The first-order chi connectivity index (χ1) is 13.8. The fourth-order valence-corrected chi connectivity index (χ4v) is 3.39. The molecule has 1 aromatic heterocycles. The van der Waals surface area contributed by atoms with Gasteiger partial charge in [0.15, 0.2) is 5.43 Å².